The van der Waals surface area contributed by atoms with E-state index in [9.17, 15) is 0 Å². The highest BCUT2D eigenvalue weighted by Crippen LogP contribution is 2.36. The first-order chi connectivity index (χ1) is 21.2. The predicted molar refractivity (Wildman–Crippen MR) is 166 cm³/mol. The highest BCUT2D eigenvalue weighted by molar-refractivity contribution is 5.98. The monoisotopic (exact) mass is 574 g/mol. The number of piperidine rings is 1. The fourth-order valence-electron chi connectivity index (χ4n) is 6.79. The van der Waals surface area contributed by atoms with E-state index in [1.165, 1.54) is 6.33 Å². The van der Waals surface area contributed by atoms with Crippen molar-refractivity contribution in [3.63, 3.8) is 0 Å². The lowest BCUT2D eigenvalue weighted by molar-refractivity contribution is 0.375. The molecule has 3 N–H and O–H groups in total. The number of nitrogen functional groups attached to an aromatic ring is 1. The number of benzene rings is 2. The lowest BCUT2D eigenvalue weighted by Crippen LogP contribution is -2.35. The molecule has 11 heteroatoms. The zero-order valence-corrected chi connectivity index (χ0v) is 23.9. The van der Waals surface area contributed by atoms with E-state index in [0.717, 1.165) is 109 Å². The first kappa shape index (κ1) is 25.9. The van der Waals surface area contributed by atoms with Crippen LogP contribution in [0.2, 0.25) is 0 Å². The Balaban J connectivity index is 0.982. The first-order valence-corrected chi connectivity index (χ1v) is 15.0. The fourth-order valence-corrected chi connectivity index (χ4v) is 6.79. The van der Waals surface area contributed by atoms with E-state index in [2.05, 4.69) is 25.1 Å². The normalized spacial score (nSPS) is 20.6. The number of nitrogens with two attached hydrogens (primary N) is 1. The fraction of sp³-hybridized carbons (Fsp3) is 0.344. The van der Waals surface area contributed by atoms with E-state index in [1.54, 1.807) is 0 Å². The van der Waals surface area contributed by atoms with Crippen molar-refractivity contribution >= 4 is 28.5 Å². The molecule has 0 amide bonds. The number of para-hydroxylation sites is 1. The maximum absolute atomic E-state index is 6.39. The summed E-state index contributed by atoms with van der Waals surface area (Å²) in [5, 5.41) is 9.36. The van der Waals surface area contributed by atoms with Crippen molar-refractivity contribution in [2.45, 2.75) is 18.9 Å². The Hall–Kier alpha value is -4.77. The number of ether oxygens (including phenoxy) is 1. The molecule has 3 fully saturated rings. The summed E-state index contributed by atoms with van der Waals surface area (Å²) >= 11 is 0. The Kier molecular flexibility index (Phi) is 6.51. The maximum atomic E-state index is 6.39. The van der Waals surface area contributed by atoms with Crippen LogP contribution in [0.5, 0.6) is 11.5 Å². The van der Waals surface area contributed by atoms with Gasteiger partial charge in [0.15, 0.2) is 5.65 Å². The van der Waals surface area contributed by atoms with Gasteiger partial charge in [-0.1, -0.05) is 18.2 Å². The van der Waals surface area contributed by atoms with Crippen LogP contribution in [0.25, 0.3) is 22.3 Å². The Morgan fingerprint density at radius 3 is 2.21 bits per heavy atom. The van der Waals surface area contributed by atoms with Gasteiger partial charge in [-0.2, -0.15) is 5.10 Å². The molecule has 11 nitrogen and oxygen atoms in total. The molecular formula is C32H34N10O. The Bertz CT molecular complexity index is 1700. The van der Waals surface area contributed by atoms with Crippen molar-refractivity contribution in [3.05, 3.63) is 73.3 Å². The highest BCUT2D eigenvalue weighted by atomic mass is 16.5. The molecular weight excluding hydrogens is 540 g/mol. The summed E-state index contributed by atoms with van der Waals surface area (Å²) in [5.41, 5.74) is 9.96. The smallest absolute Gasteiger partial charge is 0.225 e. The van der Waals surface area contributed by atoms with E-state index < -0.39 is 0 Å². The summed E-state index contributed by atoms with van der Waals surface area (Å²) in [6.45, 7) is 6.07. The number of rotatable bonds is 6. The van der Waals surface area contributed by atoms with Crippen LogP contribution in [0.15, 0.2) is 73.3 Å². The van der Waals surface area contributed by atoms with Gasteiger partial charge in [0.1, 0.15) is 29.3 Å². The lowest BCUT2D eigenvalue weighted by atomic mass is 10.0. The van der Waals surface area contributed by atoms with Gasteiger partial charge in [-0.25, -0.2) is 24.6 Å². The molecule has 218 valence electrons. The summed E-state index contributed by atoms with van der Waals surface area (Å²) in [6.07, 6.45) is 7.34. The third-order valence-corrected chi connectivity index (χ3v) is 9.10. The van der Waals surface area contributed by atoms with Crippen LogP contribution in [-0.2, 0) is 0 Å². The number of nitrogens with zero attached hydrogens (tertiary/aromatic N) is 8. The summed E-state index contributed by atoms with van der Waals surface area (Å²) < 4.78 is 8.03. The van der Waals surface area contributed by atoms with Crippen LogP contribution in [0, 0.1) is 11.8 Å². The van der Waals surface area contributed by atoms with Crippen molar-refractivity contribution < 1.29 is 4.74 Å². The van der Waals surface area contributed by atoms with Gasteiger partial charge in [-0.3, -0.25) is 0 Å². The number of fused-ring (bicyclic) bond motifs is 2. The number of aromatic nitrogens is 6. The van der Waals surface area contributed by atoms with E-state index >= 15 is 0 Å². The minimum absolute atomic E-state index is 0.195. The van der Waals surface area contributed by atoms with E-state index in [4.69, 9.17) is 25.5 Å². The number of nitrogens with one attached hydrogen (secondary N) is 1. The average molecular weight is 575 g/mol. The zero-order valence-electron chi connectivity index (χ0n) is 23.9. The Labute approximate surface area is 249 Å². The standard InChI is InChI=1S/C32H34N10O/c33-30-28-29(21-6-8-27(9-7-21)43-26-4-2-1-3-5-26)39-42(31(28)38-20-37-30)24-10-12-40(13-11-24)25-16-35-32(36-17-25)41-18-22-14-34-15-23(22)19-41/h1-9,16-17,20,22-24,34H,10-15,18-19H2,(H2,33,37,38). The van der Waals surface area contributed by atoms with Gasteiger partial charge >= 0.3 is 0 Å². The van der Waals surface area contributed by atoms with Gasteiger partial charge in [0.05, 0.1) is 29.5 Å². The van der Waals surface area contributed by atoms with Gasteiger partial charge in [0.25, 0.3) is 0 Å². The second kappa shape index (κ2) is 10.8. The van der Waals surface area contributed by atoms with Gasteiger partial charge < -0.3 is 25.6 Å². The van der Waals surface area contributed by atoms with Crippen LogP contribution < -0.4 is 25.6 Å². The molecule has 0 bridgehead atoms. The maximum Gasteiger partial charge on any atom is 0.225 e. The minimum Gasteiger partial charge on any atom is -0.457 e. The van der Waals surface area contributed by atoms with Crippen molar-refractivity contribution in [1.82, 2.24) is 35.0 Å². The Morgan fingerprint density at radius 2 is 1.49 bits per heavy atom. The predicted octanol–water partition coefficient (Wildman–Crippen LogP) is 4.15. The van der Waals surface area contributed by atoms with E-state index in [-0.39, 0.29) is 6.04 Å². The van der Waals surface area contributed by atoms with Crippen LogP contribution in [0.1, 0.15) is 18.9 Å². The summed E-state index contributed by atoms with van der Waals surface area (Å²) in [4.78, 5) is 23.1. The summed E-state index contributed by atoms with van der Waals surface area (Å²) in [7, 11) is 0. The third kappa shape index (κ3) is 4.89. The van der Waals surface area contributed by atoms with Crippen molar-refractivity contribution in [1.29, 1.82) is 0 Å². The average Bonchev–Trinajstić information content (AvgIpc) is 3.77. The van der Waals surface area contributed by atoms with Crippen LogP contribution >= 0.6 is 0 Å². The van der Waals surface area contributed by atoms with Gasteiger partial charge in [0, 0.05) is 44.8 Å². The van der Waals surface area contributed by atoms with Gasteiger partial charge in [0.2, 0.25) is 5.95 Å². The van der Waals surface area contributed by atoms with E-state index in [1.807, 2.05) is 71.7 Å². The molecule has 5 aromatic rings. The Morgan fingerprint density at radius 1 is 0.791 bits per heavy atom. The van der Waals surface area contributed by atoms with Crippen LogP contribution in [0.4, 0.5) is 17.5 Å². The van der Waals surface area contributed by atoms with Crippen LogP contribution in [0.3, 0.4) is 0 Å². The van der Waals surface area contributed by atoms with Gasteiger partial charge in [-0.15, -0.1) is 0 Å². The minimum atomic E-state index is 0.195. The molecule has 6 heterocycles. The molecule has 0 spiro atoms. The largest absolute Gasteiger partial charge is 0.457 e. The number of anilines is 3. The highest BCUT2D eigenvalue weighted by Gasteiger charge is 2.37. The molecule has 3 aromatic heterocycles. The molecule has 8 rings (SSSR count). The van der Waals surface area contributed by atoms with Gasteiger partial charge in [-0.05, 0) is 61.1 Å². The second-order valence-electron chi connectivity index (χ2n) is 11.7. The molecule has 2 unspecified atom stereocenters. The SMILES string of the molecule is Nc1ncnc2c1c(-c1ccc(Oc3ccccc3)cc1)nn2C1CCN(c2cnc(N3CC4CNCC4C3)nc2)CC1. The summed E-state index contributed by atoms with van der Waals surface area (Å²) in [6, 6.07) is 17.9. The quantitative estimate of drug-likeness (QED) is 0.306. The molecule has 3 aliphatic heterocycles. The number of hydrogen-bond acceptors (Lipinski definition) is 10. The van der Waals surface area contributed by atoms with Crippen LogP contribution in [-0.4, -0.2) is 69.0 Å². The molecule has 43 heavy (non-hydrogen) atoms. The first-order valence-electron chi connectivity index (χ1n) is 15.0. The molecule has 2 aromatic carbocycles. The molecule has 0 saturated carbocycles. The molecule has 0 aliphatic carbocycles. The molecule has 3 aliphatic rings. The van der Waals surface area contributed by atoms with Crippen molar-refractivity contribution in [2.75, 3.05) is 54.8 Å². The topological polar surface area (TPSA) is 123 Å². The number of hydrogen-bond donors (Lipinski definition) is 2. The van der Waals surface area contributed by atoms with E-state index in [0.29, 0.717) is 5.82 Å². The molecule has 3 saturated heterocycles. The second-order valence-corrected chi connectivity index (χ2v) is 11.7. The molecule has 0 radical (unpaired) electrons. The van der Waals surface area contributed by atoms with Crippen molar-refractivity contribution in [3.8, 4) is 22.8 Å². The van der Waals surface area contributed by atoms with Crippen molar-refractivity contribution in [2.24, 2.45) is 11.8 Å². The lowest BCUT2D eigenvalue weighted by Gasteiger charge is -2.33. The third-order valence-electron chi connectivity index (χ3n) is 9.10. The zero-order chi connectivity index (χ0) is 28.8. The molecule has 2 atom stereocenters. The summed E-state index contributed by atoms with van der Waals surface area (Å²) in [5.74, 6) is 4.27.